The van der Waals surface area contributed by atoms with Gasteiger partial charge in [-0.15, -0.1) is 0 Å². The van der Waals surface area contributed by atoms with Crippen molar-refractivity contribution in [2.45, 2.75) is 38.6 Å². The average Bonchev–Trinajstić information content (AvgIpc) is 2.64. The number of hydrogen-bond donors (Lipinski definition) is 1. The van der Waals surface area contributed by atoms with Gasteiger partial charge in [-0.2, -0.15) is 0 Å². The number of likely N-dealkylation sites (tertiary alicyclic amines) is 1. The van der Waals surface area contributed by atoms with E-state index in [0.717, 1.165) is 38.0 Å². The Hall–Kier alpha value is -1.55. The molecule has 0 spiro atoms. The molecule has 1 aromatic rings. The third kappa shape index (κ3) is 4.23. The molecule has 110 valence electrons. The molecule has 20 heavy (non-hydrogen) atoms. The zero-order valence-electron chi connectivity index (χ0n) is 12.0. The van der Waals surface area contributed by atoms with Gasteiger partial charge in [0.25, 0.3) is 0 Å². The number of carbonyl (C=O) groups is 1. The molecule has 1 aliphatic rings. The van der Waals surface area contributed by atoms with Gasteiger partial charge in [-0.05, 0) is 44.0 Å². The quantitative estimate of drug-likeness (QED) is 0.899. The third-order valence-corrected chi connectivity index (χ3v) is 3.79. The van der Waals surface area contributed by atoms with Crippen LogP contribution in [0.1, 0.15) is 31.2 Å². The van der Waals surface area contributed by atoms with Crippen LogP contribution in [-0.4, -0.2) is 41.7 Å². The van der Waals surface area contributed by atoms with E-state index in [-0.39, 0.29) is 6.04 Å². The van der Waals surface area contributed by atoms with Gasteiger partial charge in [0.15, 0.2) is 0 Å². The van der Waals surface area contributed by atoms with Crippen molar-refractivity contribution in [1.29, 1.82) is 0 Å². The van der Waals surface area contributed by atoms with Crippen LogP contribution in [0, 0.1) is 6.92 Å². The zero-order chi connectivity index (χ0) is 14.4. The first-order valence-electron chi connectivity index (χ1n) is 7.33. The average molecular weight is 277 g/mol. The Morgan fingerprint density at radius 1 is 1.40 bits per heavy atom. The van der Waals surface area contributed by atoms with E-state index in [1.165, 1.54) is 5.56 Å². The van der Waals surface area contributed by atoms with Gasteiger partial charge in [0.1, 0.15) is 18.4 Å². The summed E-state index contributed by atoms with van der Waals surface area (Å²) in [6.07, 6.45) is 3.96. The van der Waals surface area contributed by atoms with Gasteiger partial charge in [0, 0.05) is 6.54 Å². The predicted octanol–water partition coefficient (Wildman–Crippen LogP) is 2.70. The lowest BCUT2D eigenvalue weighted by Crippen LogP contribution is -2.42. The van der Waals surface area contributed by atoms with Crippen LogP contribution in [-0.2, 0) is 4.79 Å². The summed E-state index contributed by atoms with van der Waals surface area (Å²) in [7, 11) is 0. The fourth-order valence-corrected chi connectivity index (χ4v) is 2.70. The summed E-state index contributed by atoms with van der Waals surface area (Å²) in [5.74, 6) is 0.147. The SMILES string of the molecule is Cc1cccc(OCCN2CCCCCC2C(=O)O)c1. The van der Waals surface area contributed by atoms with Crippen molar-refractivity contribution in [2.75, 3.05) is 19.7 Å². The molecule has 2 rings (SSSR count). The maximum Gasteiger partial charge on any atom is 0.320 e. The lowest BCUT2D eigenvalue weighted by Gasteiger charge is -2.26. The van der Waals surface area contributed by atoms with Crippen molar-refractivity contribution in [3.8, 4) is 5.75 Å². The zero-order valence-corrected chi connectivity index (χ0v) is 12.0. The topological polar surface area (TPSA) is 49.8 Å². The second-order valence-electron chi connectivity index (χ2n) is 5.40. The van der Waals surface area contributed by atoms with Crippen LogP contribution in [0.3, 0.4) is 0 Å². The highest BCUT2D eigenvalue weighted by Gasteiger charge is 2.26. The monoisotopic (exact) mass is 277 g/mol. The number of ether oxygens (including phenoxy) is 1. The highest BCUT2D eigenvalue weighted by Crippen LogP contribution is 2.17. The summed E-state index contributed by atoms with van der Waals surface area (Å²) < 4.78 is 5.72. The van der Waals surface area contributed by atoms with E-state index < -0.39 is 5.97 Å². The molecule has 4 heteroatoms. The minimum absolute atomic E-state index is 0.349. The maximum absolute atomic E-state index is 11.3. The molecule has 1 N–H and O–H groups in total. The van der Waals surface area contributed by atoms with Gasteiger partial charge in [-0.25, -0.2) is 0 Å². The first-order chi connectivity index (χ1) is 9.66. The lowest BCUT2D eigenvalue weighted by molar-refractivity contribution is -0.143. The van der Waals surface area contributed by atoms with E-state index >= 15 is 0 Å². The number of carboxylic acid groups (broad SMARTS) is 1. The lowest BCUT2D eigenvalue weighted by atomic mass is 10.1. The molecule has 0 amide bonds. The number of aryl methyl sites for hydroxylation is 1. The van der Waals surface area contributed by atoms with E-state index in [4.69, 9.17) is 4.74 Å². The third-order valence-electron chi connectivity index (χ3n) is 3.79. The molecule has 0 bridgehead atoms. The number of rotatable bonds is 5. The van der Waals surface area contributed by atoms with Gasteiger partial charge < -0.3 is 9.84 Å². The van der Waals surface area contributed by atoms with Crippen LogP contribution in [0.4, 0.5) is 0 Å². The minimum atomic E-state index is -0.706. The second-order valence-corrected chi connectivity index (χ2v) is 5.40. The summed E-state index contributed by atoms with van der Waals surface area (Å²) in [5, 5.41) is 9.30. The number of carboxylic acids is 1. The van der Waals surface area contributed by atoms with Crippen LogP contribution in [0.25, 0.3) is 0 Å². The summed E-state index contributed by atoms with van der Waals surface area (Å²) in [6.45, 7) is 4.09. The van der Waals surface area contributed by atoms with Crippen LogP contribution >= 0.6 is 0 Å². The molecule has 1 aromatic carbocycles. The molecule has 1 saturated heterocycles. The molecule has 0 saturated carbocycles. The molecule has 1 fully saturated rings. The van der Waals surface area contributed by atoms with Crippen molar-refractivity contribution >= 4 is 5.97 Å². The summed E-state index contributed by atoms with van der Waals surface area (Å²) in [5.41, 5.74) is 1.17. The van der Waals surface area contributed by atoms with Crippen LogP contribution < -0.4 is 4.74 Å². The highest BCUT2D eigenvalue weighted by molar-refractivity contribution is 5.73. The van der Waals surface area contributed by atoms with E-state index in [9.17, 15) is 9.90 Å². The molecular formula is C16H23NO3. The Balaban J connectivity index is 1.86. The first-order valence-corrected chi connectivity index (χ1v) is 7.33. The summed E-state index contributed by atoms with van der Waals surface area (Å²) in [4.78, 5) is 13.4. The van der Waals surface area contributed by atoms with E-state index in [2.05, 4.69) is 0 Å². The standard InChI is InChI=1S/C16H23NO3/c1-13-6-5-7-14(12-13)20-11-10-17-9-4-2-3-8-15(17)16(18)19/h5-7,12,15H,2-4,8-11H2,1H3,(H,18,19). The van der Waals surface area contributed by atoms with E-state index in [1.807, 2.05) is 36.1 Å². The molecule has 1 heterocycles. The number of nitrogens with zero attached hydrogens (tertiary/aromatic N) is 1. The molecule has 0 aliphatic carbocycles. The number of benzene rings is 1. The molecule has 4 nitrogen and oxygen atoms in total. The van der Waals surface area contributed by atoms with Crippen LogP contribution in [0.2, 0.25) is 0 Å². The second kappa shape index (κ2) is 7.29. The Morgan fingerprint density at radius 3 is 3.00 bits per heavy atom. The predicted molar refractivity (Wildman–Crippen MR) is 78.1 cm³/mol. The van der Waals surface area contributed by atoms with Gasteiger partial charge >= 0.3 is 5.97 Å². The summed E-state index contributed by atoms with van der Waals surface area (Å²) >= 11 is 0. The Bertz CT molecular complexity index is 447. The minimum Gasteiger partial charge on any atom is -0.492 e. The van der Waals surface area contributed by atoms with Crippen molar-refractivity contribution in [3.05, 3.63) is 29.8 Å². The molecule has 1 aliphatic heterocycles. The normalized spacial score (nSPS) is 20.4. The van der Waals surface area contributed by atoms with E-state index in [0.29, 0.717) is 13.2 Å². The smallest absolute Gasteiger partial charge is 0.320 e. The first kappa shape index (κ1) is 14.9. The largest absolute Gasteiger partial charge is 0.492 e. The van der Waals surface area contributed by atoms with Gasteiger partial charge in [0.05, 0.1) is 0 Å². The molecular weight excluding hydrogens is 254 g/mol. The van der Waals surface area contributed by atoms with Crippen LogP contribution in [0.5, 0.6) is 5.75 Å². The van der Waals surface area contributed by atoms with Crippen molar-refractivity contribution in [1.82, 2.24) is 4.90 Å². The fraction of sp³-hybridized carbons (Fsp3) is 0.562. The summed E-state index contributed by atoms with van der Waals surface area (Å²) in [6, 6.07) is 7.58. The van der Waals surface area contributed by atoms with Gasteiger partial charge in [0.2, 0.25) is 0 Å². The van der Waals surface area contributed by atoms with Crippen molar-refractivity contribution < 1.29 is 14.6 Å². The Morgan fingerprint density at radius 2 is 2.25 bits per heavy atom. The van der Waals surface area contributed by atoms with Gasteiger partial charge in [-0.3, -0.25) is 9.69 Å². The van der Waals surface area contributed by atoms with Gasteiger partial charge in [-0.1, -0.05) is 25.0 Å². The molecule has 1 unspecified atom stereocenters. The molecule has 1 atom stereocenters. The van der Waals surface area contributed by atoms with Crippen molar-refractivity contribution in [2.24, 2.45) is 0 Å². The Labute approximate surface area is 120 Å². The van der Waals surface area contributed by atoms with Crippen LogP contribution in [0.15, 0.2) is 24.3 Å². The Kier molecular flexibility index (Phi) is 5.41. The highest BCUT2D eigenvalue weighted by atomic mass is 16.5. The van der Waals surface area contributed by atoms with Crippen molar-refractivity contribution in [3.63, 3.8) is 0 Å². The number of aliphatic carboxylic acids is 1. The molecule has 0 radical (unpaired) electrons. The van der Waals surface area contributed by atoms with E-state index in [1.54, 1.807) is 0 Å². The maximum atomic E-state index is 11.3. The fourth-order valence-electron chi connectivity index (χ4n) is 2.70. The number of hydrogen-bond acceptors (Lipinski definition) is 3. The molecule has 0 aromatic heterocycles.